The number of carbonyl (C=O) groups is 6. The van der Waals surface area contributed by atoms with Crippen molar-refractivity contribution >= 4 is 63.5 Å². The quantitative estimate of drug-likeness (QED) is 0.101. The third-order valence-corrected chi connectivity index (χ3v) is 11.5. The maximum atomic E-state index is 13.1. The van der Waals surface area contributed by atoms with Crippen LogP contribution in [0.1, 0.15) is 74.6 Å². The molecule has 23 heteroatoms. The summed E-state index contributed by atoms with van der Waals surface area (Å²) in [5.74, 6) is -2.49. The van der Waals surface area contributed by atoms with Crippen molar-refractivity contribution in [1.29, 1.82) is 0 Å². The van der Waals surface area contributed by atoms with Crippen molar-refractivity contribution in [3.8, 4) is 5.75 Å². The number of oxazole rings is 1. The van der Waals surface area contributed by atoms with Crippen molar-refractivity contribution in [2.24, 2.45) is 12.8 Å². The Labute approximate surface area is 396 Å². The van der Waals surface area contributed by atoms with E-state index in [1.807, 2.05) is 20.0 Å². The highest BCUT2D eigenvalue weighted by Crippen LogP contribution is 2.28. The van der Waals surface area contributed by atoms with Crippen molar-refractivity contribution < 1.29 is 37.9 Å². The van der Waals surface area contributed by atoms with Crippen molar-refractivity contribution in [3.05, 3.63) is 152 Å². The fraction of sp³-hybridized carbons (Fsp3) is 0.213. The highest BCUT2D eigenvalue weighted by atomic mass is 16.5. The molecule has 23 nitrogen and oxygen atoms in total. The predicted octanol–water partition coefficient (Wildman–Crippen LogP) is 1.48. The molecule has 0 bridgehead atoms. The molecule has 7 heterocycles. The number of likely N-dealkylation sites (tertiary alicyclic amines) is 1. The summed E-state index contributed by atoms with van der Waals surface area (Å²) in [5.41, 5.74) is 11.6. The summed E-state index contributed by atoms with van der Waals surface area (Å²) in [5, 5.41) is 22.3. The van der Waals surface area contributed by atoms with Gasteiger partial charge in [-0.05, 0) is 61.0 Å². The van der Waals surface area contributed by atoms with Crippen LogP contribution in [-0.2, 0) is 31.5 Å². The number of aromatic nitrogens is 7. The van der Waals surface area contributed by atoms with E-state index in [1.54, 1.807) is 67.7 Å². The zero-order valence-electron chi connectivity index (χ0n) is 37.8. The Hall–Kier alpha value is -9.25. The van der Waals surface area contributed by atoms with Crippen LogP contribution in [0.4, 0.5) is 5.69 Å². The Bertz CT molecular complexity index is 3480. The Morgan fingerprint density at radius 3 is 1.99 bits per heavy atom. The molecule has 0 saturated carbocycles. The lowest BCUT2D eigenvalue weighted by Crippen LogP contribution is -2.57. The van der Waals surface area contributed by atoms with Gasteiger partial charge >= 0.3 is 5.76 Å². The summed E-state index contributed by atoms with van der Waals surface area (Å²) in [7, 11) is 3.60. The van der Waals surface area contributed by atoms with Crippen molar-refractivity contribution in [2.75, 3.05) is 32.1 Å². The smallest absolute Gasteiger partial charge is 0.419 e. The van der Waals surface area contributed by atoms with Gasteiger partial charge in [-0.3, -0.25) is 33.3 Å². The molecule has 2 aliphatic rings. The van der Waals surface area contributed by atoms with Crippen LogP contribution < -0.4 is 42.8 Å². The standard InChI is InChI=1S/C26H23N7O5.C21H21N7O4/c1-14-2-4-16(17(8-14)24(27)35)12-29-26(37)20-10-19(31-22-6-7-30-33(20)22)25(36)28-11-15-3-5-21-18(9-15)32-23(34)13-38-21;1-26-10-13(11-26)24-20(30)16-8-14(25-18-5-6-23-28(16)18)19(29)22-9-12-3-4-17-15(7-12)27(2)21(31)32-17/h2-10H,11-13H2,1H3,(H2,27,35)(H,28,36)(H,29,37)(H,32,34);3-8,13H,9-11H2,1-2H3,(H,22,29)(H,24,30). The molecule has 0 radical (unpaired) electrons. The summed E-state index contributed by atoms with van der Waals surface area (Å²) in [6.07, 6.45) is 3.00. The molecule has 7 N–H and O–H groups in total. The minimum atomic E-state index is -0.593. The summed E-state index contributed by atoms with van der Waals surface area (Å²) < 4.78 is 14.6. The van der Waals surface area contributed by atoms with Crippen molar-refractivity contribution in [3.63, 3.8) is 0 Å². The highest BCUT2D eigenvalue weighted by molar-refractivity contribution is 6.00. The van der Waals surface area contributed by atoms with E-state index in [9.17, 15) is 33.6 Å². The lowest BCUT2D eigenvalue weighted by Gasteiger charge is -2.36. The number of amides is 6. The predicted molar refractivity (Wildman–Crippen MR) is 250 cm³/mol. The minimum Gasteiger partial charge on any atom is -0.482 e. The molecule has 356 valence electrons. The highest BCUT2D eigenvalue weighted by Gasteiger charge is 2.27. The van der Waals surface area contributed by atoms with Crippen LogP contribution >= 0.6 is 0 Å². The SMILES string of the molecule is CN1CC(NC(=O)c2cc(C(=O)NCc3ccc4oc(=O)n(C)c4c3)nc3ccnn23)C1.Cc1ccc(CNC(=O)c2cc(C(=O)NCc3ccc4c(c3)NC(=O)CO4)nc3ccnn23)c(C(N)=O)c1. The lowest BCUT2D eigenvalue weighted by molar-refractivity contribution is -0.118. The van der Waals surface area contributed by atoms with E-state index in [1.165, 1.54) is 38.1 Å². The van der Waals surface area contributed by atoms with E-state index in [0.29, 0.717) is 45.0 Å². The van der Waals surface area contributed by atoms with Crippen LogP contribution in [0.3, 0.4) is 0 Å². The van der Waals surface area contributed by atoms with Gasteiger partial charge < -0.3 is 46.4 Å². The molecule has 0 unspecified atom stereocenters. The largest absolute Gasteiger partial charge is 0.482 e. The Kier molecular flexibility index (Phi) is 12.6. The number of hydrogen-bond acceptors (Lipinski definition) is 14. The molecular weight excluding hydrogens is 905 g/mol. The number of nitrogens with zero attached hydrogens (tertiary/aromatic N) is 8. The lowest BCUT2D eigenvalue weighted by atomic mass is 10.0. The first kappa shape index (κ1) is 45.9. The third-order valence-electron chi connectivity index (χ3n) is 11.5. The number of primary amides is 1. The summed E-state index contributed by atoms with van der Waals surface area (Å²) in [4.78, 5) is 97.4. The Morgan fingerprint density at radius 2 is 1.34 bits per heavy atom. The number of likely N-dealkylation sites (N-methyl/N-ethyl adjacent to an activating group) is 1. The van der Waals surface area contributed by atoms with Crippen LogP contribution in [0.5, 0.6) is 5.75 Å². The zero-order chi connectivity index (χ0) is 49.2. The first-order valence-electron chi connectivity index (χ1n) is 21.7. The summed E-state index contributed by atoms with van der Waals surface area (Å²) >= 11 is 0. The molecular formula is C47H44N14O9. The first-order chi connectivity index (χ1) is 33.7. The van der Waals surface area contributed by atoms with Gasteiger partial charge in [-0.25, -0.2) is 23.8 Å². The Balaban J connectivity index is 0.000000176. The summed E-state index contributed by atoms with van der Waals surface area (Å²) in [6, 6.07) is 21.7. The van der Waals surface area contributed by atoms with Gasteiger partial charge in [0.05, 0.1) is 29.6 Å². The van der Waals surface area contributed by atoms with E-state index >= 15 is 0 Å². The summed E-state index contributed by atoms with van der Waals surface area (Å²) in [6.45, 7) is 3.76. The number of anilines is 1. The number of fused-ring (bicyclic) bond motifs is 4. The maximum Gasteiger partial charge on any atom is 0.419 e. The van der Waals surface area contributed by atoms with Gasteiger partial charge in [0.15, 0.2) is 23.5 Å². The number of aryl methyl sites for hydroxylation is 2. The monoisotopic (exact) mass is 948 g/mol. The molecule has 5 aromatic heterocycles. The van der Waals surface area contributed by atoms with Gasteiger partial charge in [0.1, 0.15) is 28.5 Å². The fourth-order valence-electron chi connectivity index (χ4n) is 7.84. The van der Waals surface area contributed by atoms with E-state index < -0.39 is 29.4 Å². The van der Waals surface area contributed by atoms with Crippen LogP contribution in [0.15, 0.2) is 100 Å². The third kappa shape index (κ3) is 9.75. The van der Waals surface area contributed by atoms with Gasteiger partial charge in [0.2, 0.25) is 5.91 Å². The number of hydrogen-bond donors (Lipinski definition) is 6. The molecule has 1 saturated heterocycles. The second kappa shape index (κ2) is 19.2. The zero-order valence-corrected chi connectivity index (χ0v) is 37.8. The average Bonchev–Trinajstić information content (AvgIpc) is 4.09. The topological polar surface area (TPSA) is 297 Å². The number of nitrogens with one attached hydrogen (secondary N) is 5. The molecule has 10 rings (SSSR count). The average molecular weight is 949 g/mol. The molecule has 1 fully saturated rings. The number of ether oxygens (including phenoxy) is 1. The van der Waals surface area contributed by atoms with Crippen LogP contribution in [0, 0.1) is 6.92 Å². The number of benzene rings is 3. The second-order valence-electron chi connectivity index (χ2n) is 16.6. The number of rotatable bonds is 12. The fourth-order valence-corrected chi connectivity index (χ4v) is 7.84. The van der Waals surface area contributed by atoms with Gasteiger partial charge in [-0.1, -0.05) is 29.8 Å². The molecule has 0 atom stereocenters. The van der Waals surface area contributed by atoms with Crippen molar-refractivity contribution in [2.45, 2.75) is 32.6 Å². The first-order valence-corrected chi connectivity index (χ1v) is 21.7. The van der Waals surface area contributed by atoms with Crippen LogP contribution in [-0.4, -0.2) is 107 Å². The number of nitrogens with two attached hydrogens (primary N) is 1. The second-order valence-corrected chi connectivity index (χ2v) is 16.6. The van der Waals surface area contributed by atoms with Gasteiger partial charge in [0.25, 0.3) is 29.5 Å². The van der Waals surface area contributed by atoms with Gasteiger partial charge in [0, 0.05) is 69.6 Å². The maximum absolute atomic E-state index is 13.1. The van der Waals surface area contributed by atoms with E-state index in [4.69, 9.17) is 14.9 Å². The van der Waals surface area contributed by atoms with E-state index in [2.05, 4.69) is 51.6 Å². The van der Waals surface area contributed by atoms with Gasteiger partial charge in [-0.15, -0.1) is 0 Å². The molecule has 2 aliphatic heterocycles. The molecule has 8 aromatic rings. The minimum absolute atomic E-state index is 0.0194. The molecule has 6 amide bonds. The van der Waals surface area contributed by atoms with E-state index in [-0.39, 0.29) is 66.9 Å². The molecule has 0 spiro atoms. The molecule has 70 heavy (non-hydrogen) atoms. The molecule has 3 aromatic carbocycles. The van der Waals surface area contributed by atoms with Gasteiger partial charge in [-0.2, -0.15) is 10.2 Å². The number of carbonyl (C=O) groups excluding carboxylic acids is 6. The van der Waals surface area contributed by atoms with E-state index in [0.717, 1.165) is 29.8 Å². The Morgan fingerprint density at radius 1 is 0.729 bits per heavy atom. The van der Waals surface area contributed by atoms with Crippen LogP contribution in [0.25, 0.3) is 22.4 Å². The molecule has 0 aliphatic carbocycles. The van der Waals surface area contributed by atoms with Crippen molar-refractivity contribution in [1.82, 2.24) is 59.9 Å². The van der Waals surface area contributed by atoms with Crippen LogP contribution in [0.2, 0.25) is 0 Å². The normalized spacial score (nSPS) is 13.3.